The van der Waals surface area contributed by atoms with Gasteiger partial charge in [0.1, 0.15) is 0 Å². The van der Waals surface area contributed by atoms with Crippen molar-refractivity contribution < 1.29 is 4.74 Å². The van der Waals surface area contributed by atoms with E-state index in [2.05, 4.69) is 52.9 Å². The average Bonchev–Trinajstić information content (AvgIpc) is 2.66. The van der Waals surface area contributed by atoms with Crippen molar-refractivity contribution in [2.75, 3.05) is 6.54 Å². The summed E-state index contributed by atoms with van der Waals surface area (Å²) in [6.07, 6.45) is 1.48. The smallest absolute Gasteiger partial charge is 0.0731 e. The van der Waals surface area contributed by atoms with Gasteiger partial charge in [-0.15, -0.1) is 11.3 Å². The molecule has 2 nitrogen and oxygen atoms in total. The van der Waals surface area contributed by atoms with E-state index < -0.39 is 0 Å². The van der Waals surface area contributed by atoms with Gasteiger partial charge in [0.2, 0.25) is 0 Å². The van der Waals surface area contributed by atoms with E-state index in [-0.39, 0.29) is 0 Å². The van der Waals surface area contributed by atoms with Crippen LogP contribution in [0.1, 0.15) is 56.4 Å². The molecule has 0 aromatic carbocycles. The molecule has 0 saturated heterocycles. The van der Waals surface area contributed by atoms with Gasteiger partial charge in [-0.3, -0.25) is 0 Å². The monoisotopic (exact) mass is 297 g/mol. The van der Waals surface area contributed by atoms with Crippen LogP contribution in [-0.4, -0.2) is 12.6 Å². The quantitative estimate of drug-likeness (QED) is 0.710. The molecular formula is C17H31NOS. The maximum atomic E-state index is 5.96. The van der Waals surface area contributed by atoms with Crippen molar-refractivity contribution >= 4 is 11.3 Å². The summed E-state index contributed by atoms with van der Waals surface area (Å²) >= 11 is 1.89. The molecule has 0 aliphatic heterocycles. The summed E-state index contributed by atoms with van der Waals surface area (Å²) in [7, 11) is 0. The molecule has 1 rings (SSSR count). The van der Waals surface area contributed by atoms with E-state index >= 15 is 0 Å². The lowest BCUT2D eigenvalue weighted by Gasteiger charge is -2.14. The molecule has 0 saturated carbocycles. The van der Waals surface area contributed by atoms with Gasteiger partial charge < -0.3 is 10.1 Å². The molecule has 0 aliphatic carbocycles. The fraction of sp³-hybridized carbons (Fsp3) is 0.765. The number of ether oxygens (including phenoxy) is 1. The summed E-state index contributed by atoms with van der Waals surface area (Å²) in [5, 5.41) is 3.50. The van der Waals surface area contributed by atoms with Gasteiger partial charge in [0.25, 0.3) is 0 Å². The zero-order valence-corrected chi connectivity index (χ0v) is 14.8. The molecule has 1 N–H and O–H groups in total. The Morgan fingerprint density at radius 1 is 1.15 bits per heavy atom. The second kappa shape index (κ2) is 8.81. The van der Waals surface area contributed by atoms with Crippen LogP contribution in [0, 0.1) is 18.8 Å². The highest BCUT2D eigenvalue weighted by molar-refractivity contribution is 7.12. The van der Waals surface area contributed by atoms with E-state index in [0.717, 1.165) is 26.1 Å². The first kappa shape index (κ1) is 17.7. The van der Waals surface area contributed by atoms with Gasteiger partial charge in [-0.05, 0) is 50.3 Å². The van der Waals surface area contributed by atoms with E-state index in [1.807, 2.05) is 11.3 Å². The molecule has 0 spiro atoms. The highest BCUT2D eigenvalue weighted by Crippen LogP contribution is 2.23. The minimum absolute atomic E-state index is 0.344. The topological polar surface area (TPSA) is 21.3 Å². The predicted octanol–water partition coefficient (Wildman–Crippen LogP) is 4.75. The highest BCUT2D eigenvalue weighted by Gasteiger charge is 2.09. The first-order valence-electron chi connectivity index (χ1n) is 7.79. The summed E-state index contributed by atoms with van der Waals surface area (Å²) in [4.78, 5) is 2.81. The molecule has 116 valence electrons. The molecule has 0 radical (unpaired) electrons. The molecule has 0 amide bonds. The van der Waals surface area contributed by atoms with E-state index in [1.165, 1.54) is 15.3 Å². The van der Waals surface area contributed by atoms with Crippen molar-refractivity contribution in [2.24, 2.45) is 11.8 Å². The van der Waals surface area contributed by atoms with Crippen molar-refractivity contribution in [2.45, 2.75) is 67.2 Å². The Balaban J connectivity index is 2.41. The van der Waals surface area contributed by atoms with Gasteiger partial charge >= 0.3 is 0 Å². The molecule has 1 aromatic rings. The second-order valence-electron chi connectivity index (χ2n) is 6.57. The predicted molar refractivity (Wildman–Crippen MR) is 89.3 cm³/mol. The van der Waals surface area contributed by atoms with Gasteiger partial charge in [0.05, 0.1) is 12.7 Å². The van der Waals surface area contributed by atoms with Crippen LogP contribution in [0.25, 0.3) is 0 Å². The third kappa shape index (κ3) is 6.87. The van der Waals surface area contributed by atoms with Gasteiger partial charge in [-0.1, -0.05) is 27.7 Å². The first-order chi connectivity index (χ1) is 9.38. The maximum Gasteiger partial charge on any atom is 0.0731 e. The van der Waals surface area contributed by atoms with Crippen molar-refractivity contribution in [3.05, 3.63) is 21.4 Å². The molecule has 0 fully saturated rings. The lowest BCUT2D eigenvalue weighted by molar-refractivity contribution is 0.0396. The Bertz CT molecular complexity index is 384. The fourth-order valence-electron chi connectivity index (χ4n) is 2.27. The van der Waals surface area contributed by atoms with Crippen LogP contribution in [0.15, 0.2) is 6.07 Å². The van der Waals surface area contributed by atoms with E-state index in [4.69, 9.17) is 4.74 Å². The lowest BCUT2D eigenvalue weighted by Crippen LogP contribution is -2.18. The zero-order chi connectivity index (χ0) is 15.1. The molecule has 1 heterocycles. The number of hydrogen-bond donors (Lipinski definition) is 1. The molecule has 20 heavy (non-hydrogen) atoms. The minimum atomic E-state index is 0.344. The number of nitrogens with one attached hydrogen (secondary N) is 1. The molecule has 1 aromatic heterocycles. The zero-order valence-electron chi connectivity index (χ0n) is 14.0. The Labute approximate surface area is 128 Å². The molecular weight excluding hydrogens is 266 g/mol. The van der Waals surface area contributed by atoms with Crippen molar-refractivity contribution in [1.82, 2.24) is 5.32 Å². The van der Waals surface area contributed by atoms with E-state index in [1.54, 1.807) is 0 Å². The molecule has 1 unspecified atom stereocenters. The maximum absolute atomic E-state index is 5.96. The van der Waals surface area contributed by atoms with Crippen molar-refractivity contribution in [3.8, 4) is 0 Å². The lowest BCUT2D eigenvalue weighted by atomic mass is 10.1. The Morgan fingerprint density at radius 3 is 2.45 bits per heavy atom. The summed E-state index contributed by atoms with van der Waals surface area (Å²) in [5.41, 5.74) is 1.35. The van der Waals surface area contributed by atoms with E-state index in [9.17, 15) is 0 Å². The standard InChI is InChI=1S/C17H31NOS/c1-12(2)7-14(5)19-11-16-8-17(20-15(16)6)10-18-9-13(3)4/h8,12-14,18H,7,9-11H2,1-6H3. The summed E-state index contributed by atoms with van der Waals surface area (Å²) < 4.78 is 5.96. The van der Waals surface area contributed by atoms with Crippen LogP contribution in [0.4, 0.5) is 0 Å². The summed E-state index contributed by atoms with van der Waals surface area (Å²) in [6.45, 7) is 16.1. The normalized spacial score (nSPS) is 13.4. The highest BCUT2D eigenvalue weighted by atomic mass is 32.1. The Morgan fingerprint density at radius 2 is 1.85 bits per heavy atom. The summed E-state index contributed by atoms with van der Waals surface area (Å²) in [6, 6.07) is 2.30. The number of hydrogen-bond acceptors (Lipinski definition) is 3. The van der Waals surface area contributed by atoms with Crippen LogP contribution in [0.3, 0.4) is 0 Å². The van der Waals surface area contributed by atoms with Gasteiger partial charge in [0.15, 0.2) is 0 Å². The van der Waals surface area contributed by atoms with Crippen LogP contribution in [0.2, 0.25) is 0 Å². The first-order valence-corrected chi connectivity index (χ1v) is 8.60. The third-order valence-electron chi connectivity index (χ3n) is 3.25. The molecule has 1 atom stereocenters. The van der Waals surface area contributed by atoms with Crippen molar-refractivity contribution in [1.29, 1.82) is 0 Å². The molecule has 0 aliphatic rings. The van der Waals surface area contributed by atoms with Crippen LogP contribution in [-0.2, 0) is 17.9 Å². The molecule has 0 bridgehead atoms. The largest absolute Gasteiger partial charge is 0.374 e. The molecule has 3 heteroatoms. The minimum Gasteiger partial charge on any atom is -0.374 e. The third-order valence-corrected chi connectivity index (χ3v) is 4.34. The van der Waals surface area contributed by atoms with Crippen molar-refractivity contribution in [3.63, 3.8) is 0 Å². The SMILES string of the molecule is Cc1sc(CNCC(C)C)cc1COC(C)CC(C)C. The fourth-order valence-corrected chi connectivity index (χ4v) is 3.28. The number of aryl methyl sites for hydroxylation is 1. The Kier molecular flexibility index (Phi) is 7.78. The number of thiophene rings is 1. The second-order valence-corrected chi connectivity index (χ2v) is 7.91. The van der Waals surface area contributed by atoms with Crippen LogP contribution >= 0.6 is 11.3 Å². The van der Waals surface area contributed by atoms with Gasteiger partial charge in [0, 0.05) is 16.3 Å². The van der Waals surface area contributed by atoms with Crippen LogP contribution in [0.5, 0.6) is 0 Å². The Hall–Kier alpha value is -0.380. The van der Waals surface area contributed by atoms with E-state index in [0.29, 0.717) is 17.9 Å². The average molecular weight is 298 g/mol. The number of rotatable bonds is 9. The summed E-state index contributed by atoms with van der Waals surface area (Å²) in [5.74, 6) is 1.40. The van der Waals surface area contributed by atoms with Gasteiger partial charge in [-0.25, -0.2) is 0 Å². The van der Waals surface area contributed by atoms with Gasteiger partial charge in [-0.2, -0.15) is 0 Å². The van der Waals surface area contributed by atoms with Crippen LogP contribution < -0.4 is 5.32 Å².